The molecule has 1 N–H and O–H groups in total. The summed E-state index contributed by atoms with van der Waals surface area (Å²) in [6, 6.07) is 5.60. The van der Waals surface area contributed by atoms with Crippen molar-refractivity contribution in [2.75, 3.05) is 12.3 Å². The average molecular weight is 278 g/mol. The Balaban J connectivity index is 2.25. The van der Waals surface area contributed by atoms with Crippen molar-refractivity contribution in [1.82, 2.24) is 5.32 Å². The Labute approximate surface area is 108 Å². The molecule has 1 heterocycles. The summed E-state index contributed by atoms with van der Waals surface area (Å²) in [5.41, 5.74) is 0.939. The van der Waals surface area contributed by atoms with Gasteiger partial charge >= 0.3 is 0 Å². The van der Waals surface area contributed by atoms with Gasteiger partial charge in [-0.05, 0) is 18.6 Å². The van der Waals surface area contributed by atoms with Gasteiger partial charge in [0.2, 0.25) is 0 Å². The van der Waals surface area contributed by atoms with E-state index in [0.717, 1.165) is 12.1 Å². The van der Waals surface area contributed by atoms with Crippen LogP contribution >= 0.6 is 23.2 Å². The molecule has 0 aromatic heterocycles. The molecule has 1 aliphatic heterocycles. The highest BCUT2D eigenvalue weighted by Gasteiger charge is 2.26. The smallest absolute Gasteiger partial charge is 0.0640 e. The number of hydrogen-bond donors (Lipinski definition) is 1. The van der Waals surface area contributed by atoms with Crippen molar-refractivity contribution in [3.05, 3.63) is 33.8 Å². The average Bonchev–Trinajstić information content (AvgIpc) is 2.26. The normalized spacial score (nSPS) is 30.3. The van der Waals surface area contributed by atoms with Crippen LogP contribution in [0, 0.1) is 0 Å². The van der Waals surface area contributed by atoms with Crippen LogP contribution in [-0.4, -0.2) is 21.8 Å². The van der Waals surface area contributed by atoms with Crippen molar-refractivity contribution in [2.24, 2.45) is 0 Å². The topological polar surface area (TPSA) is 29.1 Å². The molecule has 2 nitrogen and oxygen atoms in total. The van der Waals surface area contributed by atoms with Crippen LogP contribution in [0.2, 0.25) is 10.0 Å². The van der Waals surface area contributed by atoms with E-state index in [1.165, 1.54) is 0 Å². The lowest BCUT2D eigenvalue weighted by Gasteiger charge is -2.28. The zero-order valence-electron chi connectivity index (χ0n) is 8.87. The van der Waals surface area contributed by atoms with Crippen LogP contribution in [0.3, 0.4) is 0 Å². The maximum atomic E-state index is 11.8. The van der Waals surface area contributed by atoms with Crippen LogP contribution in [0.5, 0.6) is 0 Å². The number of nitrogens with one attached hydrogen (secondary N) is 1. The Bertz CT molecular complexity index is 424. The maximum Gasteiger partial charge on any atom is 0.0640 e. The highest BCUT2D eigenvalue weighted by molar-refractivity contribution is 7.85. The lowest BCUT2D eigenvalue weighted by Crippen LogP contribution is -2.41. The fourth-order valence-corrected chi connectivity index (χ4v) is 3.45. The first kappa shape index (κ1) is 12.4. The molecule has 0 aliphatic carbocycles. The molecule has 0 bridgehead atoms. The first-order valence-corrected chi connectivity index (χ1v) is 7.28. The Morgan fingerprint density at radius 3 is 2.88 bits per heavy atom. The minimum Gasteiger partial charge on any atom is -0.308 e. The highest BCUT2D eigenvalue weighted by atomic mass is 35.5. The molecular formula is C11H13Cl2NOS. The van der Waals surface area contributed by atoms with Gasteiger partial charge in [0, 0.05) is 34.4 Å². The van der Waals surface area contributed by atoms with Gasteiger partial charge in [-0.15, -0.1) is 0 Å². The third-order valence-corrected chi connectivity index (χ3v) is 5.35. The molecule has 0 amide bonds. The minimum absolute atomic E-state index is 0.0447. The molecule has 16 heavy (non-hydrogen) atoms. The van der Waals surface area contributed by atoms with E-state index in [1.54, 1.807) is 6.07 Å². The Kier molecular flexibility index (Phi) is 3.90. The van der Waals surface area contributed by atoms with E-state index in [-0.39, 0.29) is 11.3 Å². The second-order valence-electron chi connectivity index (χ2n) is 3.96. The number of rotatable bonds is 1. The van der Waals surface area contributed by atoms with Gasteiger partial charge in [0.25, 0.3) is 0 Å². The zero-order chi connectivity index (χ0) is 11.7. The van der Waals surface area contributed by atoms with Crippen molar-refractivity contribution in [2.45, 2.75) is 18.2 Å². The third-order valence-electron chi connectivity index (χ3n) is 2.79. The lowest BCUT2D eigenvalue weighted by molar-refractivity contribution is 0.540. The molecule has 1 saturated heterocycles. The first-order chi connectivity index (χ1) is 7.59. The van der Waals surface area contributed by atoms with Gasteiger partial charge in [0.05, 0.1) is 10.0 Å². The maximum absolute atomic E-state index is 11.8. The summed E-state index contributed by atoms with van der Waals surface area (Å²) in [7, 11) is -0.795. The summed E-state index contributed by atoms with van der Waals surface area (Å²) < 4.78 is 11.8. The number of halogens is 2. The van der Waals surface area contributed by atoms with Crippen LogP contribution < -0.4 is 5.32 Å². The van der Waals surface area contributed by atoms with E-state index < -0.39 is 10.8 Å². The van der Waals surface area contributed by atoms with Gasteiger partial charge in [0.1, 0.15) is 0 Å². The zero-order valence-corrected chi connectivity index (χ0v) is 11.2. The van der Waals surface area contributed by atoms with Crippen LogP contribution in [0.25, 0.3) is 0 Å². The summed E-state index contributed by atoms with van der Waals surface area (Å²) in [6.45, 7) is 2.74. The summed E-state index contributed by atoms with van der Waals surface area (Å²) in [5, 5.41) is 4.66. The summed E-state index contributed by atoms with van der Waals surface area (Å²) in [5.74, 6) is 0.598. The van der Waals surface area contributed by atoms with Crippen molar-refractivity contribution in [3.63, 3.8) is 0 Å². The SMILES string of the molecule is CC1CNC(c2cccc(Cl)c2Cl)CS1=O. The van der Waals surface area contributed by atoms with E-state index in [9.17, 15) is 4.21 Å². The Morgan fingerprint density at radius 1 is 1.44 bits per heavy atom. The van der Waals surface area contributed by atoms with Gasteiger partial charge in [-0.3, -0.25) is 4.21 Å². The van der Waals surface area contributed by atoms with E-state index in [0.29, 0.717) is 15.8 Å². The molecule has 3 unspecified atom stereocenters. The predicted octanol–water partition coefficient (Wildman–Crippen LogP) is 2.77. The van der Waals surface area contributed by atoms with Gasteiger partial charge in [0.15, 0.2) is 0 Å². The van der Waals surface area contributed by atoms with Crippen molar-refractivity contribution >= 4 is 34.0 Å². The molecule has 1 aromatic rings. The fraction of sp³-hybridized carbons (Fsp3) is 0.455. The standard InChI is InChI=1S/C11H13Cl2NOS/c1-7-5-14-10(6-16(7)15)8-3-2-4-9(12)11(8)13/h2-4,7,10,14H,5-6H2,1H3. The minimum atomic E-state index is -0.795. The monoisotopic (exact) mass is 277 g/mol. The number of benzene rings is 1. The van der Waals surface area contributed by atoms with Crippen LogP contribution in [0.15, 0.2) is 18.2 Å². The molecule has 5 heteroatoms. The summed E-state index contributed by atoms with van der Waals surface area (Å²) in [6.07, 6.45) is 0. The van der Waals surface area contributed by atoms with E-state index in [1.807, 2.05) is 19.1 Å². The summed E-state index contributed by atoms with van der Waals surface area (Å²) in [4.78, 5) is 0. The molecule has 1 aromatic carbocycles. The van der Waals surface area contributed by atoms with Crippen molar-refractivity contribution < 1.29 is 4.21 Å². The molecule has 3 atom stereocenters. The molecule has 0 saturated carbocycles. The lowest BCUT2D eigenvalue weighted by atomic mass is 10.1. The molecule has 1 aliphatic rings. The van der Waals surface area contributed by atoms with E-state index in [2.05, 4.69) is 5.32 Å². The third kappa shape index (κ3) is 2.43. The van der Waals surface area contributed by atoms with Crippen LogP contribution in [0.1, 0.15) is 18.5 Å². The highest BCUT2D eigenvalue weighted by Crippen LogP contribution is 2.31. The molecule has 1 fully saturated rings. The Morgan fingerprint density at radius 2 is 2.19 bits per heavy atom. The molecular weight excluding hydrogens is 265 g/mol. The van der Waals surface area contributed by atoms with Gasteiger partial charge in [-0.2, -0.15) is 0 Å². The number of hydrogen-bond acceptors (Lipinski definition) is 2. The van der Waals surface area contributed by atoms with Gasteiger partial charge in [-0.25, -0.2) is 0 Å². The largest absolute Gasteiger partial charge is 0.308 e. The molecule has 0 spiro atoms. The molecule has 0 radical (unpaired) electrons. The van der Waals surface area contributed by atoms with E-state index in [4.69, 9.17) is 23.2 Å². The molecule has 88 valence electrons. The fourth-order valence-electron chi connectivity index (χ4n) is 1.78. The first-order valence-electron chi connectivity index (χ1n) is 5.14. The van der Waals surface area contributed by atoms with Gasteiger partial charge in [-0.1, -0.05) is 35.3 Å². The quantitative estimate of drug-likeness (QED) is 0.855. The van der Waals surface area contributed by atoms with Gasteiger partial charge < -0.3 is 5.32 Å². The van der Waals surface area contributed by atoms with Crippen LogP contribution in [-0.2, 0) is 10.8 Å². The Hall–Kier alpha value is -0.0900. The second-order valence-corrected chi connectivity index (χ2v) is 6.65. The van der Waals surface area contributed by atoms with Crippen molar-refractivity contribution in [3.8, 4) is 0 Å². The molecule has 2 rings (SSSR count). The summed E-state index contributed by atoms with van der Waals surface area (Å²) >= 11 is 12.1. The van der Waals surface area contributed by atoms with Crippen LogP contribution in [0.4, 0.5) is 0 Å². The second kappa shape index (κ2) is 5.05. The predicted molar refractivity (Wildman–Crippen MR) is 69.7 cm³/mol. The van der Waals surface area contributed by atoms with Crippen molar-refractivity contribution in [1.29, 1.82) is 0 Å². The van der Waals surface area contributed by atoms with E-state index >= 15 is 0 Å².